The number of thiophene rings is 1. The van der Waals surface area contributed by atoms with E-state index in [-0.39, 0.29) is 12.3 Å². The van der Waals surface area contributed by atoms with Crippen LogP contribution < -0.4 is 10.6 Å². The molecule has 0 aliphatic carbocycles. The fraction of sp³-hybridized carbons (Fsp3) is 0.0606. The summed E-state index contributed by atoms with van der Waals surface area (Å²) in [6.45, 7) is 0. The number of anilines is 1. The smallest absolute Gasteiger partial charge is 0.160 e. The van der Waals surface area contributed by atoms with Crippen LogP contribution in [0.3, 0.4) is 0 Å². The fourth-order valence-electron chi connectivity index (χ4n) is 6.01. The van der Waals surface area contributed by atoms with E-state index < -0.39 is 0 Å². The number of benzene rings is 5. The van der Waals surface area contributed by atoms with Crippen molar-refractivity contribution in [2.45, 2.75) is 12.3 Å². The van der Waals surface area contributed by atoms with Crippen molar-refractivity contribution in [3.05, 3.63) is 126 Å². The molecule has 2 unspecified atom stereocenters. The first kappa shape index (κ1) is 21.5. The Morgan fingerprint density at radius 2 is 1.45 bits per heavy atom. The molecule has 8 rings (SSSR count). The number of nitriles is 1. The molecular formula is C33H22N4S. The second-order valence-electron chi connectivity index (χ2n) is 9.79. The highest BCUT2D eigenvalue weighted by Gasteiger charge is 2.30. The maximum absolute atomic E-state index is 9.33. The quantitative estimate of drug-likeness (QED) is 0.248. The van der Waals surface area contributed by atoms with E-state index in [0.717, 1.165) is 11.3 Å². The topological polar surface area (TPSA) is 52.8 Å². The van der Waals surface area contributed by atoms with Gasteiger partial charge in [0.1, 0.15) is 0 Å². The van der Waals surface area contributed by atoms with Gasteiger partial charge in [-0.3, -0.25) is 5.32 Å². The van der Waals surface area contributed by atoms with E-state index in [4.69, 9.17) is 0 Å². The zero-order valence-corrected chi connectivity index (χ0v) is 21.2. The highest BCUT2D eigenvalue weighted by atomic mass is 32.1. The van der Waals surface area contributed by atoms with E-state index >= 15 is 0 Å². The van der Waals surface area contributed by atoms with Gasteiger partial charge in [-0.1, -0.05) is 78.9 Å². The van der Waals surface area contributed by atoms with Crippen LogP contribution in [0.15, 0.2) is 109 Å². The number of hydrogen-bond acceptors (Lipinski definition) is 4. The summed E-state index contributed by atoms with van der Waals surface area (Å²) in [6, 6.07) is 40.6. The first-order chi connectivity index (χ1) is 18.8. The third-order valence-electron chi connectivity index (χ3n) is 7.74. The minimum Gasteiger partial charge on any atom is -0.352 e. The number of rotatable bonds is 2. The van der Waals surface area contributed by atoms with E-state index in [1.54, 1.807) is 0 Å². The lowest BCUT2D eigenvalue weighted by Gasteiger charge is -2.36. The van der Waals surface area contributed by atoms with Gasteiger partial charge in [0.05, 0.1) is 33.4 Å². The average molecular weight is 507 g/mol. The summed E-state index contributed by atoms with van der Waals surface area (Å²) >= 11 is 1.86. The molecule has 2 N–H and O–H groups in total. The molecule has 5 aromatic carbocycles. The zero-order valence-electron chi connectivity index (χ0n) is 20.3. The molecule has 4 nitrogen and oxygen atoms in total. The molecule has 0 fully saturated rings. The predicted molar refractivity (Wildman–Crippen MR) is 158 cm³/mol. The van der Waals surface area contributed by atoms with Crippen LogP contribution in [0.4, 0.5) is 5.69 Å². The Hall–Kier alpha value is -4.63. The molecule has 0 amide bonds. The molecule has 0 bridgehead atoms. The number of nitrogens with zero attached hydrogens (tertiary/aromatic N) is 2. The third kappa shape index (κ3) is 3.05. The molecule has 5 heteroatoms. The number of aromatic nitrogens is 1. The Morgan fingerprint density at radius 3 is 2.32 bits per heavy atom. The summed E-state index contributed by atoms with van der Waals surface area (Å²) in [5.74, 6) is 0. The minimum absolute atomic E-state index is 0.0250. The molecule has 0 spiro atoms. The van der Waals surface area contributed by atoms with Crippen molar-refractivity contribution in [3.8, 4) is 6.07 Å². The van der Waals surface area contributed by atoms with Gasteiger partial charge in [0.15, 0.2) is 6.29 Å². The van der Waals surface area contributed by atoms with Gasteiger partial charge in [0, 0.05) is 31.9 Å². The van der Waals surface area contributed by atoms with Crippen LogP contribution in [-0.2, 0) is 0 Å². The first-order valence-corrected chi connectivity index (χ1v) is 13.6. The van der Waals surface area contributed by atoms with Gasteiger partial charge in [-0.05, 0) is 41.5 Å². The summed E-state index contributed by atoms with van der Waals surface area (Å²) in [4.78, 5) is 0. The van der Waals surface area contributed by atoms with Gasteiger partial charge >= 0.3 is 0 Å². The predicted octanol–water partition coefficient (Wildman–Crippen LogP) is 8.29. The number of fused-ring (bicyclic) bond motifs is 8. The Bertz CT molecular complexity index is 2060. The Labute approximate surface area is 223 Å². The van der Waals surface area contributed by atoms with Crippen molar-refractivity contribution < 1.29 is 0 Å². The van der Waals surface area contributed by atoms with Gasteiger partial charge in [0.2, 0.25) is 0 Å². The molecule has 7 aromatic rings. The standard InChI is InChI=1S/C33H22N4S/c34-19-20-13-15-21(16-14-20)30-26-9-1-4-10-27(26)35-33(36-30)37-28-11-5-2-7-22(28)24-17-18-25-23-8-3-6-12-29(23)38-32(25)31(24)37/h1-18,30,33,35-36H. The maximum atomic E-state index is 9.33. The molecule has 0 saturated heterocycles. The van der Waals surface area contributed by atoms with Crippen molar-refractivity contribution in [1.29, 1.82) is 5.26 Å². The van der Waals surface area contributed by atoms with Crippen molar-refractivity contribution >= 4 is 59.0 Å². The van der Waals surface area contributed by atoms with Gasteiger partial charge < -0.3 is 9.88 Å². The summed E-state index contributed by atoms with van der Waals surface area (Å²) in [5, 5.41) is 22.2. The molecule has 0 radical (unpaired) electrons. The summed E-state index contributed by atoms with van der Waals surface area (Å²) in [7, 11) is 0. The largest absolute Gasteiger partial charge is 0.352 e. The normalized spacial score (nSPS) is 17.0. The molecular weight excluding hydrogens is 484 g/mol. The maximum Gasteiger partial charge on any atom is 0.160 e. The lowest BCUT2D eigenvalue weighted by atomic mass is 9.94. The Morgan fingerprint density at radius 1 is 0.711 bits per heavy atom. The van der Waals surface area contributed by atoms with E-state index in [9.17, 15) is 5.26 Å². The van der Waals surface area contributed by atoms with Gasteiger partial charge in [-0.15, -0.1) is 11.3 Å². The van der Waals surface area contributed by atoms with Crippen LogP contribution in [-0.4, -0.2) is 4.57 Å². The lowest BCUT2D eigenvalue weighted by Crippen LogP contribution is -2.40. The SMILES string of the molecule is N#Cc1ccc(C2NC(n3c4ccccc4c4ccc5c6ccccc6sc5c43)Nc3ccccc32)cc1. The molecule has 3 heterocycles. The second-order valence-corrected chi connectivity index (χ2v) is 10.8. The van der Waals surface area contributed by atoms with E-state index in [2.05, 4.69) is 118 Å². The highest BCUT2D eigenvalue weighted by molar-refractivity contribution is 7.26. The minimum atomic E-state index is -0.177. The van der Waals surface area contributed by atoms with Crippen LogP contribution in [0.5, 0.6) is 0 Å². The van der Waals surface area contributed by atoms with Crippen LogP contribution in [0.1, 0.15) is 29.0 Å². The zero-order chi connectivity index (χ0) is 25.2. The van der Waals surface area contributed by atoms with Crippen LogP contribution in [0, 0.1) is 11.3 Å². The number of nitrogens with one attached hydrogen (secondary N) is 2. The highest BCUT2D eigenvalue weighted by Crippen LogP contribution is 2.44. The molecule has 1 aliphatic rings. The van der Waals surface area contributed by atoms with Crippen LogP contribution in [0.25, 0.3) is 42.0 Å². The lowest BCUT2D eigenvalue weighted by molar-refractivity contribution is 0.417. The molecule has 0 saturated carbocycles. The molecule has 2 atom stereocenters. The van der Waals surface area contributed by atoms with Gasteiger partial charge in [-0.25, -0.2) is 0 Å². The average Bonchev–Trinajstić information content (AvgIpc) is 3.53. The Kier molecular flexibility index (Phi) is 4.62. The fourth-order valence-corrected chi connectivity index (χ4v) is 7.26. The molecule has 180 valence electrons. The summed E-state index contributed by atoms with van der Waals surface area (Å²) in [5.41, 5.74) is 6.54. The van der Waals surface area contributed by atoms with Gasteiger partial charge in [0.25, 0.3) is 0 Å². The second kappa shape index (κ2) is 8.19. The van der Waals surface area contributed by atoms with E-state index in [1.807, 2.05) is 23.5 Å². The third-order valence-corrected chi connectivity index (χ3v) is 8.93. The molecule has 1 aliphatic heterocycles. The Balaban J connectivity index is 1.40. The van der Waals surface area contributed by atoms with Crippen LogP contribution in [0.2, 0.25) is 0 Å². The van der Waals surface area contributed by atoms with E-state index in [1.165, 1.54) is 47.5 Å². The van der Waals surface area contributed by atoms with Crippen LogP contribution >= 0.6 is 11.3 Å². The van der Waals surface area contributed by atoms with Crippen molar-refractivity contribution in [2.75, 3.05) is 5.32 Å². The van der Waals surface area contributed by atoms with Crippen molar-refractivity contribution in [2.24, 2.45) is 0 Å². The number of hydrogen-bond donors (Lipinski definition) is 2. The monoisotopic (exact) mass is 506 g/mol. The first-order valence-electron chi connectivity index (χ1n) is 12.7. The van der Waals surface area contributed by atoms with Gasteiger partial charge in [-0.2, -0.15) is 5.26 Å². The van der Waals surface area contributed by atoms with E-state index in [0.29, 0.717) is 5.56 Å². The summed E-state index contributed by atoms with van der Waals surface area (Å²) < 4.78 is 5.05. The molecule has 38 heavy (non-hydrogen) atoms. The van der Waals surface area contributed by atoms with Crippen molar-refractivity contribution in [1.82, 2.24) is 9.88 Å². The molecule has 2 aromatic heterocycles. The summed E-state index contributed by atoms with van der Waals surface area (Å²) in [6.07, 6.45) is -0.177. The van der Waals surface area contributed by atoms with Crippen molar-refractivity contribution in [3.63, 3.8) is 0 Å². The number of para-hydroxylation sites is 2.